The Morgan fingerprint density at radius 1 is 1.27 bits per heavy atom. The van der Waals surface area contributed by atoms with Crippen LogP contribution in [0.1, 0.15) is 28.9 Å². The maximum atomic E-state index is 12.8. The molecule has 1 aromatic carbocycles. The van der Waals surface area contributed by atoms with Crippen LogP contribution in [0.25, 0.3) is 5.69 Å². The van der Waals surface area contributed by atoms with Crippen molar-refractivity contribution < 1.29 is 19.4 Å². The van der Waals surface area contributed by atoms with Crippen molar-refractivity contribution in [1.29, 1.82) is 0 Å². The summed E-state index contributed by atoms with van der Waals surface area (Å²) in [5.41, 5.74) is 1.39. The fourth-order valence-electron chi connectivity index (χ4n) is 3.50. The molecule has 7 nitrogen and oxygen atoms in total. The highest BCUT2D eigenvalue weighted by Crippen LogP contribution is 2.31. The molecule has 2 heterocycles. The summed E-state index contributed by atoms with van der Waals surface area (Å²) in [7, 11) is 1.49. The van der Waals surface area contributed by atoms with E-state index in [1.54, 1.807) is 27.9 Å². The molecule has 3 rings (SSSR count). The quantitative estimate of drug-likeness (QED) is 0.886. The summed E-state index contributed by atoms with van der Waals surface area (Å²) < 4.78 is 6.91. The lowest BCUT2D eigenvalue weighted by Crippen LogP contribution is -2.52. The van der Waals surface area contributed by atoms with Crippen LogP contribution in [0.2, 0.25) is 0 Å². The molecule has 26 heavy (non-hydrogen) atoms. The molecule has 2 aromatic rings. The largest absolute Gasteiger partial charge is 0.481 e. The molecule has 138 valence electrons. The van der Waals surface area contributed by atoms with Crippen LogP contribution in [0.3, 0.4) is 0 Å². The van der Waals surface area contributed by atoms with Crippen molar-refractivity contribution in [3.05, 3.63) is 47.8 Å². The standard InChI is InChI=1S/C19H23N3O4/c1-14-8-10-20-22(14)16-6-4-15(5-7-16)17(23)21-11-3-9-19(12-21,13-26-2)18(24)25/h4-8,10H,3,9,11-13H2,1-2H3,(H,24,25). The normalized spacial score (nSPS) is 20.2. The number of aromatic nitrogens is 2. The number of carbonyl (C=O) groups excluding carboxylic acids is 1. The number of aliphatic carboxylic acids is 1. The molecule has 1 fully saturated rings. The smallest absolute Gasteiger partial charge is 0.313 e. The lowest BCUT2D eigenvalue weighted by molar-refractivity contribution is -0.155. The van der Waals surface area contributed by atoms with Crippen LogP contribution in [-0.4, -0.2) is 58.5 Å². The molecule has 1 unspecified atom stereocenters. The van der Waals surface area contributed by atoms with Gasteiger partial charge in [0.1, 0.15) is 5.41 Å². The van der Waals surface area contributed by atoms with E-state index in [1.165, 1.54) is 7.11 Å². The van der Waals surface area contributed by atoms with E-state index in [0.29, 0.717) is 24.9 Å². The Labute approximate surface area is 152 Å². The van der Waals surface area contributed by atoms with Crippen molar-refractivity contribution in [2.24, 2.45) is 5.41 Å². The molecule has 0 radical (unpaired) electrons. The number of rotatable bonds is 5. The molecular weight excluding hydrogens is 334 g/mol. The molecule has 0 spiro atoms. The third-order valence-electron chi connectivity index (χ3n) is 4.93. The van der Waals surface area contributed by atoms with Gasteiger partial charge >= 0.3 is 5.97 Å². The number of hydrogen-bond acceptors (Lipinski definition) is 4. The number of likely N-dealkylation sites (tertiary alicyclic amines) is 1. The highest BCUT2D eigenvalue weighted by molar-refractivity contribution is 5.95. The minimum atomic E-state index is -1.03. The number of hydrogen-bond donors (Lipinski definition) is 1. The van der Waals surface area contributed by atoms with Crippen LogP contribution < -0.4 is 0 Å². The maximum absolute atomic E-state index is 12.8. The summed E-state index contributed by atoms with van der Waals surface area (Å²) in [4.78, 5) is 26.2. The molecule has 7 heteroatoms. The van der Waals surface area contributed by atoms with Gasteiger partial charge in [-0.2, -0.15) is 5.10 Å². The Balaban J connectivity index is 1.78. The predicted octanol–water partition coefficient (Wildman–Crippen LogP) is 2.13. The zero-order valence-corrected chi connectivity index (χ0v) is 15.0. The zero-order chi connectivity index (χ0) is 18.7. The van der Waals surface area contributed by atoms with E-state index in [1.807, 2.05) is 25.1 Å². The summed E-state index contributed by atoms with van der Waals surface area (Å²) >= 11 is 0. The number of benzene rings is 1. The van der Waals surface area contributed by atoms with Crippen LogP contribution in [-0.2, 0) is 9.53 Å². The molecule has 1 atom stereocenters. The van der Waals surface area contributed by atoms with E-state index in [0.717, 1.165) is 11.4 Å². The predicted molar refractivity (Wildman–Crippen MR) is 95.4 cm³/mol. The maximum Gasteiger partial charge on any atom is 0.313 e. The number of nitrogens with zero attached hydrogens (tertiary/aromatic N) is 3. The van der Waals surface area contributed by atoms with Crippen molar-refractivity contribution >= 4 is 11.9 Å². The number of piperidine rings is 1. The van der Waals surface area contributed by atoms with Crippen LogP contribution in [0, 0.1) is 12.3 Å². The number of carbonyl (C=O) groups is 2. The fraction of sp³-hybridized carbons (Fsp3) is 0.421. The van der Waals surface area contributed by atoms with Crippen LogP contribution >= 0.6 is 0 Å². The summed E-state index contributed by atoms with van der Waals surface area (Å²) in [6, 6.07) is 9.11. The molecule has 1 aliphatic rings. The van der Waals surface area contributed by atoms with Crippen molar-refractivity contribution in [3.8, 4) is 5.69 Å². The minimum absolute atomic E-state index is 0.101. The SMILES string of the molecule is COCC1(C(=O)O)CCCN(C(=O)c2ccc(-n3nccc3C)cc2)C1. The first kappa shape index (κ1) is 18.1. The second-order valence-corrected chi connectivity index (χ2v) is 6.78. The number of carboxylic acids is 1. The molecule has 1 N–H and O–H groups in total. The van der Waals surface area contributed by atoms with E-state index in [4.69, 9.17) is 4.74 Å². The van der Waals surface area contributed by atoms with E-state index in [2.05, 4.69) is 5.10 Å². The second-order valence-electron chi connectivity index (χ2n) is 6.78. The lowest BCUT2D eigenvalue weighted by atomic mass is 9.80. The van der Waals surface area contributed by atoms with Crippen LogP contribution in [0.5, 0.6) is 0 Å². The second kappa shape index (κ2) is 7.29. The van der Waals surface area contributed by atoms with Crippen molar-refractivity contribution in [2.45, 2.75) is 19.8 Å². The Kier molecular flexibility index (Phi) is 5.08. The molecule has 0 aliphatic carbocycles. The summed E-state index contributed by atoms with van der Waals surface area (Å²) in [5, 5.41) is 13.9. The topological polar surface area (TPSA) is 84.7 Å². The molecule has 0 bridgehead atoms. The van der Waals surface area contributed by atoms with E-state index in [-0.39, 0.29) is 19.1 Å². The van der Waals surface area contributed by atoms with Gasteiger partial charge in [-0.25, -0.2) is 4.68 Å². The number of ether oxygens (including phenoxy) is 1. The van der Waals surface area contributed by atoms with Crippen molar-refractivity contribution in [2.75, 3.05) is 26.8 Å². The highest BCUT2D eigenvalue weighted by atomic mass is 16.5. The Hall–Kier alpha value is -2.67. The van der Waals surface area contributed by atoms with Gasteiger partial charge in [-0.15, -0.1) is 0 Å². The number of carboxylic acid groups (broad SMARTS) is 1. The van der Waals surface area contributed by atoms with Gasteiger partial charge in [-0.1, -0.05) is 0 Å². The molecule has 1 aliphatic heterocycles. The van der Waals surface area contributed by atoms with Gasteiger partial charge in [-0.3, -0.25) is 9.59 Å². The minimum Gasteiger partial charge on any atom is -0.481 e. The van der Waals surface area contributed by atoms with Crippen molar-refractivity contribution in [3.63, 3.8) is 0 Å². The van der Waals surface area contributed by atoms with Gasteiger partial charge in [0.2, 0.25) is 0 Å². The Morgan fingerprint density at radius 2 is 2.00 bits per heavy atom. The summed E-state index contributed by atoms with van der Waals surface area (Å²) in [6.45, 7) is 2.78. The third kappa shape index (κ3) is 3.35. The lowest BCUT2D eigenvalue weighted by Gasteiger charge is -2.39. The molecular formula is C19H23N3O4. The van der Waals surface area contributed by atoms with Gasteiger partial charge in [0.15, 0.2) is 0 Å². The van der Waals surface area contributed by atoms with E-state index < -0.39 is 11.4 Å². The van der Waals surface area contributed by atoms with E-state index >= 15 is 0 Å². The van der Waals surface area contributed by atoms with Gasteiger partial charge in [-0.05, 0) is 50.1 Å². The molecule has 0 saturated carbocycles. The first-order valence-corrected chi connectivity index (χ1v) is 8.59. The van der Waals surface area contributed by atoms with Crippen molar-refractivity contribution in [1.82, 2.24) is 14.7 Å². The Bertz CT molecular complexity index is 795. The van der Waals surface area contributed by atoms with Gasteiger partial charge in [0, 0.05) is 37.7 Å². The zero-order valence-electron chi connectivity index (χ0n) is 15.0. The number of aryl methyl sites for hydroxylation is 1. The molecule has 1 saturated heterocycles. The average Bonchev–Trinajstić information content (AvgIpc) is 3.07. The van der Waals surface area contributed by atoms with Gasteiger partial charge in [0.05, 0.1) is 12.3 Å². The molecule has 1 aromatic heterocycles. The van der Waals surface area contributed by atoms with Gasteiger partial charge in [0.25, 0.3) is 5.91 Å². The fourth-order valence-corrected chi connectivity index (χ4v) is 3.50. The first-order valence-electron chi connectivity index (χ1n) is 8.59. The average molecular weight is 357 g/mol. The van der Waals surface area contributed by atoms with Gasteiger partial charge < -0.3 is 14.7 Å². The summed E-state index contributed by atoms with van der Waals surface area (Å²) in [6.07, 6.45) is 2.88. The third-order valence-corrected chi connectivity index (χ3v) is 4.93. The van der Waals surface area contributed by atoms with E-state index in [9.17, 15) is 14.7 Å². The Morgan fingerprint density at radius 3 is 2.58 bits per heavy atom. The monoisotopic (exact) mass is 357 g/mol. The summed E-state index contributed by atoms with van der Waals surface area (Å²) in [5.74, 6) is -1.07. The van der Waals surface area contributed by atoms with Crippen LogP contribution in [0.15, 0.2) is 36.5 Å². The van der Waals surface area contributed by atoms with Crippen LogP contribution in [0.4, 0.5) is 0 Å². The number of methoxy groups -OCH3 is 1. The molecule has 1 amide bonds. The first-order chi connectivity index (χ1) is 12.5. The number of amides is 1. The highest BCUT2D eigenvalue weighted by Gasteiger charge is 2.43.